The highest BCUT2D eigenvalue weighted by molar-refractivity contribution is 5.78. The quantitative estimate of drug-likeness (QED) is 0.722. The fourth-order valence-corrected chi connectivity index (χ4v) is 1.69. The summed E-state index contributed by atoms with van der Waals surface area (Å²) in [5.41, 5.74) is 1.67. The number of carbonyl (C=O) groups excluding carboxylic acids is 1. The zero-order valence-electron chi connectivity index (χ0n) is 7.66. The van der Waals surface area contributed by atoms with Crippen molar-refractivity contribution < 1.29 is 4.79 Å². The Morgan fingerprint density at radius 2 is 2.36 bits per heavy atom. The largest absolute Gasteiger partial charge is 0.349 e. The summed E-state index contributed by atoms with van der Waals surface area (Å²) in [6.07, 6.45) is 1.41. The van der Waals surface area contributed by atoms with E-state index in [9.17, 15) is 4.79 Å². The van der Waals surface area contributed by atoms with Crippen LogP contribution in [0.15, 0.2) is 24.3 Å². The van der Waals surface area contributed by atoms with Gasteiger partial charge >= 0.3 is 0 Å². The number of nitrogens with one attached hydrogen (secondary N) is 1. The second kappa shape index (κ2) is 3.51. The van der Waals surface area contributed by atoms with Crippen molar-refractivity contribution in [1.82, 2.24) is 5.32 Å². The number of carbonyl (C=O) groups is 1. The molecule has 0 radical (unpaired) electrons. The molecule has 0 unspecified atom stereocenters. The molecule has 1 heterocycles. The molecule has 1 aromatic carbocycles. The number of amides is 1. The van der Waals surface area contributed by atoms with Crippen LogP contribution in [0.4, 0.5) is 0 Å². The highest BCUT2D eigenvalue weighted by atomic mass is 16.1. The predicted molar refractivity (Wildman–Crippen MR) is 51.3 cm³/mol. The number of nitrogens with zero attached hydrogens (tertiary/aromatic N) is 1. The Hall–Kier alpha value is -1.82. The molecule has 0 saturated carbocycles. The first-order valence-electron chi connectivity index (χ1n) is 4.59. The molecule has 1 aromatic rings. The van der Waals surface area contributed by atoms with Crippen LogP contribution in [0.5, 0.6) is 0 Å². The normalized spacial score (nSPS) is 20.2. The summed E-state index contributed by atoms with van der Waals surface area (Å²) in [5.74, 6) is 0.0948. The molecule has 70 valence electrons. The minimum absolute atomic E-state index is 0.0933. The molecular formula is C11H10N2O. The Balaban J connectivity index is 2.24. The van der Waals surface area contributed by atoms with E-state index in [1.165, 1.54) is 0 Å². The average Bonchev–Trinajstić information content (AvgIpc) is 2.65. The van der Waals surface area contributed by atoms with E-state index in [1.807, 2.05) is 18.2 Å². The van der Waals surface area contributed by atoms with Gasteiger partial charge < -0.3 is 5.32 Å². The lowest BCUT2D eigenvalue weighted by Crippen LogP contribution is -2.18. The Morgan fingerprint density at radius 3 is 3.00 bits per heavy atom. The standard InChI is InChI=1S/C11H10N2O/c12-7-8-2-1-3-9(6-8)10-4-5-11(14)13-10/h1-3,6,10H,4-5H2,(H,13,14)/t10-/m1/s1. The number of benzene rings is 1. The first-order chi connectivity index (χ1) is 6.79. The zero-order chi connectivity index (χ0) is 9.97. The van der Waals surface area contributed by atoms with Crippen molar-refractivity contribution in [2.24, 2.45) is 0 Å². The lowest BCUT2D eigenvalue weighted by molar-refractivity contribution is -0.119. The summed E-state index contributed by atoms with van der Waals surface area (Å²) in [6.45, 7) is 0. The van der Waals surface area contributed by atoms with E-state index in [2.05, 4.69) is 11.4 Å². The molecule has 3 heteroatoms. The van der Waals surface area contributed by atoms with Crippen molar-refractivity contribution in [3.05, 3.63) is 35.4 Å². The third-order valence-electron chi connectivity index (χ3n) is 2.41. The monoisotopic (exact) mass is 186 g/mol. The summed E-state index contributed by atoms with van der Waals surface area (Å²) in [5, 5.41) is 11.6. The summed E-state index contributed by atoms with van der Waals surface area (Å²) in [6, 6.07) is 9.56. The second-order valence-corrected chi connectivity index (χ2v) is 3.40. The van der Waals surface area contributed by atoms with Crippen LogP contribution in [0, 0.1) is 11.3 Å². The molecule has 3 nitrogen and oxygen atoms in total. The fraction of sp³-hybridized carbons (Fsp3) is 0.273. The summed E-state index contributed by atoms with van der Waals surface area (Å²) in [7, 11) is 0. The molecule has 1 N–H and O–H groups in total. The van der Waals surface area contributed by atoms with Gasteiger partial charge in [-0.15, -0.1) is 0 Å². The molecule has 0 aromatic heterocycles. The summed E-state index contributed by atoms with van der Waals surface area (Å²) < 4.78 is 0. The maximum Gasteiger partial charge on any atom is 0.220 e. The maximum absolute atomic E-state index is 11.0. The van der Waals surface area contributed by atoms with Gasteiger partial charge in [-0.1, -0.05) is 12.1 Å². The zero-order valence-corrected chi connectivity index (χ0v) is 7.66. The Kier molecular flexibility index (Phi) is 2.19. The van der Waals surface area contributed by atoms with E-state index in [-0.39, 0.29) is 11.9 Å². The van der Waals surface area contributed by atoms with Crippen LogP contribution in [-0.4, -0.2) is 5.91 Å². The second-order valence-electron chi connectivity index (χ2n) is 3.40. The molecule has 1 aliphatic heterocycles. The maximum atomic E-state index is 11.0. The van der Waals surface area contributed by atoms with E-state index in [4.69, 9.17) is 5.26 Å². The van der Waals surface area contributed by atoms with Crippen LogP contribution in [0.3, 0.4) is 0 Å². The third kappa shape index (κ3) is 1.60. The van der Waals surface area contributed by atoms with E-state index < -0.39 is 0 Å². The van der Waals surface area contributed by atoms with Gasteiger partial charge in [-0.2, -0.15) is 5.26 Å². The molecule has 0 spiro atoms. The van der Waals surface area contributed by atoms with Crippen LogP contribution in [-0.2, 0) is 4.79 Å². The van der Waals surface area contributed by atoms with E-state index in [0.29, 0.717) is 12.0 Å². The molecule has 1 saturated heterocycles. The van der Waals surface area contributed by atoms with E-state index in [0.717, 1.165) is 12.0 Å². The van der Waals surface area contributed by atoms with Gasteiger partial charge in [0.25, 0.3) is 0 Å². The molecule has 1 atom stereocenters. The van der Waals surface area contributed by atoms with Gasteiger partial charge in [0.05, 0.1) is 17.7 Å². The van der Waals surface area contributed by atoms with Crippen molar-refractivity contribution in [3.63, 3.8) is 0 Å². The highest BCUT2D eigenvalue weighted by Gasteiger charge is 2.21. The molecule has 0 bridgehead atoms. The number of rotatable bonds is 1. The van der Waals surface area contributed by atoms with Gasteiger partial charge in [-0.25, -0.2) is 0 Å². The van der Waals surface area contributed by atoms with Gasteiger partial charge in [-0.05, 0) is 24.1 Å². The van der Waals surface area contributed by atoms with Crippen LogP contribution < -0.4 is 5.32 Å². The first kappa shape index (κ1) is 8.76. The molecular weight excluding hydrogens is 176 g/mol. The number of nitriles is 1. The summed E-state index contributed by atoms with van der Waals surface area (Å²) >= 11 is 0. The lowest BCUT2D eigenvalue weighted by atomic mass is 10.0. The Bertz CT molecular complexity index is 406. The van der Waals surface area contributed by atoms with Crippen molar-refractivity contribution >= 4 is 5.91 Å². The highest BCUT2D eigenvalue weighted by Crippen LogP contribution is 2.23. The SMILES string of the molecule is N#Cc1cccc([C@H]2CCC(=O)N2)c1. The average molecular weight is 186 g/mol. The lowest BCUT2D eigenvalue weighted by Gasteiger charge is -2.09. The van der Waals surface area contributed by atoms with Crippen LogP contribution in [0.1, 0.15) is 30.0 Å². The molecule has 1 amide bonds. The molecule has 2 rings (SSSR count). The van der Waals surface area contributed by atoms with Crippen molar-refractivity contribution in [2.45, 2.75) is 18.9 Å². The minimum Gasteiger partial charge on any atom is -0.349 e. The number of hydrogen-bond acceptors (Lipinski definition) is 2. The van der Waals surface area contributed by atoms with Crippen molar-refractivity contribution in [1.29, 1.82) is 5.26 Å². The van der Waals surface area contributed by atoms with Gasteiger partial charge in [0.1, 0.15) is 0 Å². The molecule has 1 aliphatic rings. The summed E-state index contributed by atoms with van der Waals surface area (Å²) in [4.78, 5) is 11.0. The van der Waals surface area contributed by atoms with E-state index >= 15 is 0 Å². The van der Waals surface area contributed by atoms with E-state index in [1.54, 1.807) is 6.07 Å². The smallest absolute Gasteiger partial charge is 0.220 e. The van der Waals surface area contributed by atoms with Gasteiger partial charge in [-0.3, -0.25) is 4.79 Å². The van der Waals surface area contributed by atoms with Crippen LogP contribution in [0.25, 0.3) is 0 Å². The van der Waals surface area contributed by atoms with Crippen molar-refractivity contribution in [2.75, 3.05) is 0 Å². The number of hydrogen-bond donors (Lipinski definition) is 1. The molecule has 1 fully saturated rings. The fourth-order valence-electron chi connectivity index (χ4n) is 1.69. The van der Waals surface area contributed by atoms with Gasteiger partial charge in [0.2, 0.25) is 5.91 Å². The topological polar surface area (TPSA) is 52.9 Å². The molecule has 14 heavy (non-hydrogen) atoms. The van der Waals surface area contributed by atoms with Crippen LogP contribution in [0.2, 0.25) is 0 Å². The first-order valence-corrected chi connectivity index (χ1v) is 4.59. The predicted octanol–water partition coefficient (Wildman–Crippen LogP) is 1.51. The van der Waals surface area contributed by atoms with Crippen molar-refractivity contribution in [3.8, 4) is 6.07 Å². The Morgan fingerprint density at radius 1 is 1.50 bits per heavy atom. The van der Waals surface area contributed by atoms with Crippen LogP contribution >= 0.6 is 0 Å². The molecule has 0 aliphatic carbocycles. The Labute approximate surface area is 82.4 Å². The minimum atomic E-state index is 0.0933. The van der Waals surface area contributed by atoms with Gasteiger partial charge in [0.15, 0.2) is 0 Å². The van der Waals surface area contributed by atoms with Gasteiger partial charge in [0, 0.05) is 6.42 Å². The third-order valence-corrected chi connectivity index (χ3v) is 2.41.